The largest absolute Gasteiger partial charge is 0.335 e. The van der Waals surface area contributed by atoms with E-state index in [9.17, 15) is 9.59 Å². The van der Waals surface area contributed by atoms with Gasteiger partial charge in [0.1, 0.15) is 5.69 Å². The highest BCUT2D eigenvalue weighted by Crippen LogP contribution is 2.07. The van der Waals surface area contributed by atoms with E-state index in [2.05, 4.69) is 10.2 Å². The summed E-state index contributed by atoms with van der Waals surface area (Å²) in [5, 5.41) is 6.00. The van der Waals surface area contributed by atoms with Crippen molar-refractivity contribution in [3.63, 3.8) is 0 Å². The molecule has 0 aliphatic heterocycles. The lowest BCUT2D eigenvalue weighted by Gasteiger charge is -2.26. The molecule has 0 spiro atoms. The molecule has 0 aromatic carbocycles. The Bertz CT molecular complexity index is 393. The lowest BCUT2D eigenvalue weighted by molar-refractivity contribution is 0.0692. The van der Waals surface area contributed by atoms with E-state index in [0.29, 0.717) is 6.54 Å². The minimum atomic E-state index is -0.303. The van der Waals surface area contributed by atoms with Crippen molar-refractivity contribution >= 4 is 5.91 Å². The molecule has 1 aromatic rings. The smallest absolute Gasteiger partial charge is 0.274 e. The van der Waals surface area contributed by atoms with Crippen molar-refractivity contribution in [1.82, 2.24) is 15.1 Å². The number of carbonyl (C=O) groups is 1. The number of rotatable bonds is 4. The summed E-state index contributed by atoms with van der Waals surface area (Å²) in [6.45, 7) is 6.58. The van der Waals surface area contributed by atoms with Crippen LogP contribution >= 0.6 is 0 Å². The molecule has 0 saturated carbocycles. The van der Waals surface area contributed by atoms with E-state index in [1.807, 2.05) is 20.8 Å². The van der Waals surface area contributed by atoms with Gasteiger partial charge in [0.05, 0.1) is 0 Å². The van der Waals surface area contributed by atoms with Crippen LogP contribution in [0.25, 0.3) is 0 Å². The second-order valence-electron chi connectivity index (χ2n) is 3.65. The van der Waals surface area contributed by atoms with Crippen LogP contribution in [0.15, 0.2) is 16.9 Å². The van der Waals surface area contributed by atoms with Crippen molar-refractivity contribution < 1.29 is 4.79 Å². The molecule has 1 aromatic heterocycles. The van der Waals surface area contributed by atoms with Gasteiger partial charge in [-0.15, -0.1) is 0 Å². The van der Waals surface area contributed by atoms with Crippen LogP contribution in [0.3, 0.4) is 0 Å². The van der Waals surface area contributed by atoms with Gasteiger partial charge in [-0.25, -0.2) is 5.10 Å². The van der Waals surface area contributed by atoms with Gasteiger partial charge < -0.3 is 4.90 Å². The minimum absolute atomic E-state index is 0.145. The van der Waals surface area contributed by atoms with Crippen molar-refractivity contribution in [2.45, 2.75) is 33.2 Å². The summed E-state index contributed by atoms with van der Waals surface area (Å²) in [7, 11) is 0. The summed E-state index contributed by atoms with van der Waals surface area (Å²) in [4.78, 5) is 24.6. The summed E-state index contributed by atoms with van der Waals surface area (Å²) in [6, 6.07) is 2.93. The Morgan fingerprint density at radius 2 is 2.19 bits per heavy atom. The van der Waals surface area contributed by atoms with Gasteiger partial charge in [-0.1, -0.05) is 6.92 Å². The van der Waals surface area contributed by atoms with Gasteiger partial charge in [-0.2, -0.15) is 5.10 Å². The monoisotopic (exact) mass is 223 g/mol. The highest BCUT2D eigenvalue weighted by molar-refractivity contribution is 5.92. The molecule has 1 unspecified atom stereocenters. The summed E-state index contributed by atoms with van der Waals surface area (Å²) in [5.41, 5.74) is -0.0233. The van der Waals surface area contributed by atoms with Crippen LogP contribution < -0.4 is 5.56 Å². The fourth-order valence-electron chi connectivity index (χ4n) is 1.49. The van der Waals surface area contributed by atoms with Crippen molar-refractivity contribution in [3.05, 3.63) is 28.2 Å². The van der Waals surface area contributed by atoms with E-state index < -0.39 is 0 Å². The summed E-state index contributed by atoms with van der Waals surface area (Å²) < 4.78 is 0. The third-order valence-corrected chi connectivity index (χ3v) is 2.62. The predicted molar refractivity (Wildman–Crippen MR) is 61.3 cm³/mol. The predicted octanol–water partition coefficient (Wildman–Crippen LogP) is 1.03. The summed E-state index contributed by atoms with van der Waals surface area (Å²) in [6.07, 6.45) is 0.892. The molecular formula is C11H17N3O2. The fourth-order valence-corrected chi connectivity index (χ4v) is 1.49. The van der Waals surface area contributed by atoms with Gasteiger partial charge in [-0.05, 0) is 26.3 Å². The molecule has 0 aliphatic carbocycles. The zero-order valence-corrected chi connectivity index (χ0v) is 9.86. The number of hydrogen-bond acceptors (Lipinski definition) is 3. The molecule has 0 bridgehead atoms. The van der Waals surface area contributed by atoms with E-state index in [-0.39, 0.29) is 23.2 Å². The molecule has 1 amide bonds. The molecule has 0 aliphatic rings. The Morgan fingerprint density at radius 1 is 1.50 bits per heavy atom. The van der Waals surface area contributed by atoms with Crippen LogP contribution in [0.2, 0.25) is 0 Å². The zero-order chi connectivity index (χ0) is 12.1. The first-order chi connectivity index (χ1) is 7.60. The molecule has 88 valence electrons. The van der Waals surface area contributed by atoms with Gasteiger partial charge in [0.2, 0.25) is 0 Å². The van der Waals surface area contributed by atoms with E-state index >= 15 is 0 Å². The van der Waals surface area contributed by atoms with Gasteiger partial charge in [0.25, 0.3) is 11.5 Å². The maximum atomic E-state index is 12.0. The molecule has 0 saturated heterocycles. The normalized spacial score (nSPS) is 12.2. The van der Waals surface area contributed by atoms with Gasteiger partial charge in [0.15, 0.2) is 0 Å². The zero-order valence-electron chi connectivity index (χ0n) is 9.86. The van der Waals surface area contributed by atoms with Crippen molar-refractivity contribution in [2.24, 2.45) is 0 Å². The quantitative estimate of drug-likeness (QED) is 0.829. The van der Waals surface area contributed by atoms with Crippen LogP contribution in [0, 0.1) is 0 Å². The standard InChI is InChI=1S/C11H17N3O2/c1-4-8(3)14(5-2)11(16)9-6-7-10(15)13-12-9/h6-8H,4-5H2,1-3H3,(H,13,15). The Labute approximate surface area is 94.5 Å². The third kappa shape index (κ3) is 2.68. The first-order valence-electron chi connectivity index (χ1n) is 5.46. The summed E-state index contributed by atoms with van der Waals surface area (Å²) >= 11 is 0. The molecule has 5 heteroatoms. The molecule has 1 atom stereocenters. The number of hydrogen-bond donors (Lipinski definition) is 1. The van der Waals surface area contributed by atoms with E-state index in [4.69, 9.17) is 0 Å². The van der Waals surface area contributed by atoms with Crippen LogP contribution in [0.1, 0.15) is 37.7 Å². The second kappa shape index (κ2) is 5.44. The molecule has 5 nitrogen and oxygen atoms in total. The number of aromatic amines is 1. The van der Waals surface area contributed by atoms with Gasteiger partial charge >= 0.3 is 0 Å². The van der Waals surface area contributed by atoms with E-state index in [0.717, 1.165) is 6.42 Å². The van der Waals surface area contributed by atoms with Crippen LogP contribution in [-0.4, -0.2) is 33.6 Å². The number of carbonyl (C=O) groups excluding carboxylic acids is 1. The van der Waals surface area contributed by atoms with Crippen LogP contribution in [0.4, 0.5) is 0 Å². The Morgan fingerprint density at radius 3 is 2.62 bits per heavy atom. The number of amides is 1. The highest BCUT2D eigenvalue weighted by atomic mass is 16.2. The fraction of sp³-hybridized carbons (Fsp3) is 0.545. The first-order valence-corrected chi connectivity index (χ1v) is 5.46. The Kier molecular flexibility index (Phi) is 4.22. The Balaban J connectivity index is 2.91. The molecular weight excluding hydrogens is 206 g/mol. The van der Waals surface area contributed by atoms with Crippen LogP contribution in [0.5, 0.6) is 0 Å². The maximum absolute atomic E-state index is 12.0. The summed E-state index contributed by atoms with van der Waals surface area (Å²) in [5.74, 6) is -0.145. The topological polar surface area (TPSA) is 66.1 Å². The molecule has 1 N–H and O–H groups in total. The lowest BCUT2D eigenvalue weighted by atomic mass is 10.2. The number of aromatic nitrogens is 2. The van der Waals surface area contributed by atoms with E-state index in [1.54, 1.807) is 4.90 Å². The first kappa shape index (κ1) is 12.4. The minimum Gasteiger partial charge on any atom is -0.335 e. The average molecular weight is 223 g/mol. The number of nitrogens with one attached hydrogen (secondary N) is 1. The molecule has 1 rings (SSSR count). The maximum Gasteiger partial charge on any atom is 0.274 e. The van der Waals surface area contributed by atoms with Crippen molar-refractivity contribution in [2.75, 3.05) is 6.54 Å². The van der Waals surface area contributed by atoms with Crippen molar-refractivity contribution in [3.8, 4) is 0 Å². The van der Waals surface area contributed by atoms with E-state index in [1.165, 1.54) is 12.1 Å². The Hall–Kier alpha value is -1.65. The van der Waals surface area contributed by atoms with Crippen LogP contribution in [-0.2, 0) is 0 Å². The highest BCUT2D eigenvalue weighted by Gasteiger charge is 2.19. The second-order valence-corrected chi connectivity index (χ2v) is 3.65. The third-order valence-electron chi connectivity index (χ3n) is 2.62. The van der Waals surface area contributed by atoms with Crippen molar-refractivity contribution in [1.29, 1.82) is 0 Å². The SMILES string of the molecule is CCC(C)N(CC)C(=O)c1ccc(=O)[nH]n1. The number of H-pyrrole nitrogens is 1. The number of nitrogens with zero attached hydrogens (tertiary/aromatic N) is 2. The van der Waals surface area contributed by atoms with Gasteiger partial charge in [-0.3, -0.25) is 9.59 Å². The molecule has 0 radical (unpaired) electrons. The molecule has 0 fully saturated rings. The molecule has 1 heterocycles. The molecule has 16 heavy (non-hydrogen) atoms. The average Bonchev–Trinajstić information content (AvgIpc) is 2.30. The lowest BCUT2D eigenvalue weighted by Crippen LogP contribution is -2.38. The van der Waals surface area contributed by atoms with Gasteiger partial charge in [0, 0.05) is 18.7 Å².